The minimum absolute atomic E-state index is 0.513. The van der Waals surface area contributed by atoms with Crippen LogP contribution in [0.1, 0.15) is 24.8 Å². The van der Waals surface area contributed by atoms with E-state index in [4.69, 9.17) is 4.74 Å². The van der Waals surface area contributed by atoms with Gasteiger partial charge in [0.25, 0.3) is 0 Å². The standard InChI is InChI=1S/C13H18O2/c14-10-6-12-15-11-5-4-9-13-7-2-1-3-8-13/h1-3,7-8,10H,4-6,9,11-12H2. The maximum absolute atomic E-state index is 10.00. The molecule has 0 heterocycles. The van der Waals surface area contributed by atoms with E-state index in [0.717, 1.165) is 32.2 Å². The number of unbranched alkanes of at least 4 members (excludes halogenated alkanes) is 1. The fourth-order valence-corrected chi connectivity index (χ4v) is 1.41. The summed E-state index contributed by atoms with van der Waals surface area (Å²) in [5.74, 6) is 0. The first kappa shape index (κ1) is 11.9. The monoisotopic (exact) mass is 206 g/mol. The Morgan fingerprint density at radius 1 is 1.07 bits per heavy atom. The smallest absolute Gasteiger partial charge is 0.122 e. The number of benzene rings is 1. The van der Waals surface area contributed by atoms with E-state index in [1.165, 1.54) is 5.56 Å². The molecule has 1 rings (SSSR count). The Morgan fingerprint density at radius 3 is 2.60 bits per heavy atom. The number of hydrogen-bond donors (Lipinski definition) is 0. The van der Waals surface area contributed by atoms with Gasteiger partial charge in [-0.2, -0.15) is 0 Å². The first-order valence-corrected chi connectivity index (χ1v) is 5.49. The maximum atomic E-state index is 10.00. The molecule has 0 fully saturated rings. The number of carbonyl (C=O) groups excluding carboxylic acids is 1. The summed E-state index contributed by atoms with van der Waals surface area (Å²) in [6.07, 6.45) is 4.72. The molecular weight excluding hydrogens is 188 g/mol. The van der Waals surface area contributed by atoms with Crippen LogP contribution in [0.2, 0.25) is 0 Å². The molecule has 0 atom stereocenters. The van der Waals surface area contributed by atoms with E-state index < -0.39 is 0 Å². The fourth-order valence-electron chi connectivity index (χ4n) is 1.41. The summed E-state index contributed by atoms with van der Waals surface area (Å²) in [7, 11) is 0. The van der Waals surface area contributed by atoms with E-state index in [9.17, 15) is 4.79 Å². The van der Waals surface area contributed by atoms with Crippen molar-refractivity contribution >= 4 is 6.29 Å². The van der Waals surface area contributed by atoms with Crippen molar-refractivity contribution in [1.29, 1.82) is 0 Å². The zero-order valence-corrected chi connectivity index (χ0v) is 9.02. The van der Waals surface area contributed by atoms with Crippen molar-refractivity contribution in [2.24, 2.45) is 0 Å². The average molecular weight is 206 g/mol. The summed E-state index contributed by atoms with van der Waals surface area (Å²) in [5, 5.41) is 0. The molecule has 0 amide bonds. The van der Waals surface area contributed by atoms with Gasteiger partial charge < -0.3 is 9.53 Å². The number of rotatable bonds is 8. The Hall–Kier alpha value is -1.15. The summed E-state index contributed by atoms with van der Waals surface area (Å²) >= 11 is 0. The van der Waals surface area contributed by atoms with Crippen molar-refractivity contribution in [1.82, 2.24) is 0 Å². The molecule has 2 nitrogen and oxygen atoms in total. The molecule has 0 unspecified atom stereocenters. The van der Waals surface area contributed by atoms with Gasteiger partial charge in [0.1, 0.15) is 6.29 Å². The summed E-state index contributed by atoms with van der Waals surface area (Å²) in [6, 6.07) is 10.5. The lowest BCUT2D eigenvalue weighted by Gasteiger charge is -2.02. The second kappa shape index (κ2) is 8.18. The van der Waals surface area contributed by atoms with Crippen LogP contribution < -0.4 is 0 Å². The predicted octanol–water partition coefficient (Wildman–Crippen LogP) is 2.61. The summed E-state index contributed by atoms with van der Waals surface area (Å²) in [4.78, 5) is 10.00. The molecule has 0 saturated carbocycles. The van der Waals surface area contributed by atoms with Crippen molar-refractivity contribution in [3.63, 3.8) is 0 Å². The molecule has 0 aliphatic rings. The van der Waals surface area contributed by atoms with Gasteiger partial charge >= 0.3 is 0 Å². The summed E-state index contributed by atoms with van der Waals surface area (Å²) in [6.45, 7) is 1.33. The lowest BCUT2D eigenvalue weighted by molar-refractivity contribution is -0.108. The van der Waals surface area contributed by atoms with Crippen molar-refractivity contribution < 1.29 is 9.53 Å². The number of aldehydes is 1. The zero-order valence-electron chi connectivity index (χ0n) is 9.02. The molecule has 0 aliphatic carbocycles. The second-order valence-corrected chi connectivity index (χ2v) is 3.51. The van der Waals surface area contributed by atoms with Crippen molar-refractivity contribution in [3.8, 4) is 0 Å². The van der Waals surface area contributed by atoms with Crippen molar-refractivity contribution in [3.05, 3.63) is 35.9 Å². The highest BCUT2D eigenvalue weighted by atomic mass is 16.5. The number of hydrogen-bond acceptors (Lipinski definition) is 2. The van der Waals surface area contributed by atoms with Gasteiger partial charge in [-0.1, -0.05) is 30.3 Å². The Labute approximate surface area is 91.3 Å². The van der Waals surface area contributed by atoms with Gasteiger partial charge in [-0.25, -0.2) is 0 Å². The van der Waals surface area contributed by atoms with Crippen LogP contribution in [-0.2, 0) is 16.0 Å². The fraction of sp³-hybridized carbons (Fsp3) is 0.462. The lowest BCUT2D eigenvalue weighted by atomic mass is 10.1. The Kier molecular flexibility index (Phi) is 6.50. The molecule has 2 heteroatoms. The van der Waals surface area contributed by atoms with E-state index >= 15 is 0 Å². The van der Waals surface area contributed by atoms with Gasteiger partial charge in [-0.15, -0.1) is 0 Å². The molecule has 0 bridgehead atoms. The van der Waals surface area contributed by atoms with Crippen LogP contribution in [0, 0.1) is 0 Å². The van der Waals surface area contributed by atoms with Gasteiger partial charge in [0.05, 0.1) is 6.61 Å². The third-order valence-electron chi connectivity index (χ3n) is 2.23. The average Bonchev–Trinajstić information content (AvgIpc) is 2.29. The van der Waals surface area contributed by atoms with Crippen LogP contribution >= 0.6 is 0 Å². The molecular formula is C13H18O2. The third kappa shape index (κ3) is 6.02. The maximum Gasteiger partial charge on any atom is 0.122 e. The van der Waals surface area contributed by atoms with Gasteiger partial charge in [0.15, 0.2) is 0 Å². The lowest BCUT2D eigenvalue weighted by Crippen LogP contribution is -1.98. The van der Waals surface area contributed by atoms with Crippen LogP contribution in [0.5, 0.6) is 0 Å². The van der Waals surface area contributed by atoms with E-state index in [2.05, 4.69) is 24.3 Å². The first-order chi connectivity index (χ1) is 7.43. The van der Waals surface area contributed by atoms with Crippen molar-refractivity contribution in [2.75, 3.05) is 13.2 Å². The highest BCUT2D eigenvalue weighted by Gasteiger charge is 1.92. The van der Waals surface area contributed by atoms with E-state index in [1.54, 1.807) is 0 Å². The largest absolute Gasteiger partial charge is 0.381 e. The van der Waals surface area contributed by atoms with Gasteiger partial charge in [-0.3, -0.25) is 0 Å². The number of aryl methyl sites for hydroxylation is 1. The molecule has 1 aromatic carbocycles. The third-order valence-corrected chi connectivity index (χ3v) is 2.23. The van der Waals surface area contributed by atoms with Gasteiger partial charge in [-0.05, 0) is 24.8 Å². The molecule has 0 saturated heterocycles. The molecule has 0 aromatic heterocycles. The molecule has 82 valence electrons. The highest BCUT2D eigenvalue weighted by Crippen LogP contribution is 2.04. The topological polar surface area (TPSA) is 26.3 Å². The summed E-state index contributed by atoms with van der Waals surface area (Å²) in [5.41, 5.74) is 1.38. The molecule has 0 N–H and O–H groups in total. The minimum Gasteiger partial charge on any atom is -0.381 e. The second-order valence-electron chi connectivity index (χ2n) is 3.51. The van der Waals surface area contributed by atoms with Crippen molar-refractivity contribution in [2.45, 2.75) is 25.7 Å². The number of carbonyl (C=O) groups is 1. The molecule has 0 aliphatic heterocycles. The number of ether oxygens (including phenoxy) is 1. The normalized spacial score (nSPS) is 10.1. The van der Waals surface area contributed by atoms with Crippen LogP contribution in [0.3, 0.4) is 0 Å². The van der Waals surface area contributed by atoms with Crippen LogP contribution in [0.15, 0.2) is 30.3 Å². The Balaban J connectivity index is 1.95. The SMILES string of the molecule is O=CCCOCCCCc1ccccc1. The quantitative estimate of drug-likeness (QED) is 0.483. The predicted molar refractivity (Wildman–Crippen MR) is 60.9 cm³/mol. The highest BCUT2D eigenvalue weighted by molar-refractivity contribution is 5.49. The van der Waals surface area contributed by atoms with Gasteiger partial charge in [0.2, 0.25) is 0 Å². The molecule has 15 heavy (non-hydrogen) atoms. The van der Waals surface area contributed by atoms with Gasteiger partial charge in [0, 0.05) is 13.0 Å². The van der Waals surface area contributed by atoms with E-state index in [1.807, 2.05) is 6.07 Å². The zero-order chi connectivity index (χ0) is 10.8. The summed E-state index contributed by atoms with van der Waals surface area (Å²) < 4.78 is 5.28. The van der Waals surface area contributed by atoms with Crippen LogP contribution in [0.4, 0.5) is 0 Å². The molecule has 0 radical (unpaired) electrons. The minimum atomic E-state index is 0.513. The van der Waals surface area contributed by atoms with Crippen LogP contribution in [0.25, 0.3) is 0 Å². The van der Waals surface area contributed by atoms with Crippen LogP contribution in [-0.4, -0.2) is 19.5 Å². The van der Waals surface area contributed by atoms with E-state index in [0.29, 0.717) is 13.0 Å². The first-order valence-electron chi connectivity index (χ1n) is 5.49. The molecule has 0 spiro atoms. The molecule has 1 aromatic rings. The Bertz CT molecular complexity index is 256. The Morgan fingerprint density at radius 2 is 1.87 bits per heavy atom. The van der Waals surface area contributed by atoms with E-state index in [-0.39, 0.29) is 0 Å².